The Balaban J connectivity index is 1.57. The van der Waals surface area contributed by atoms with Crippen molar-refractivity contribution in [2.75, 3.05) is 11.1 Å². The minimum Gasteiger partial charge on any atom is -0.324 e. The molecule has 5 nitrogen and oxygen atoms in total. The highest BCUT2D eigenvalue weighted by molar-refractivity contribution is 9.10. The molecule has 0 unspecified atom stereocenters. The lowest BCUT2D eigenvalue weighted by molar-refractivity contribution is -0.113. The monoisotopic (exact) mass is 470 g/mol. The van der Waals surface area contributed by atoms with Crippen LogP contribution in [0.3, 0.4) is 0 Å². The summed E-state index contributed by atoms with van der Waals surface area (Å²) in [5.41, 5.74) is 0.611. The van der Waals surface area contributed by atoms with Crippen molar-refractivity contribution in [1.29, 1.82) is 0 Å². The first-order chi connectivity index (χ1) is 13.1. The maximum Gasteiger partial charge on any atom is 0.234 e. The summed E-state index contributed by atoms with van der Waals surface area (Å²) in [5.74, 6) is 1.93. The molecular weight excluding hydrogens is 448 g/mol. The Morgan fingerprint density at radius 2 is 2.11 bits per heavy atom. The average molecular weight is 472 g/mol. The molecule has 1 amide bonds. The summed E-state index contributed by atoms with van der Waals surface area (Å²) in [6.45, 7) is 2.91. The molecule has 1 heterocycles. The number of benzene rings is 1. The van der Waals surface area contributed by atoms with Crippen molar-refractivity contribution in [3.63, 3.8) is 0 Å². The molecule has 1 aliphatic rings. The Morgan fingerprint density at radius 3 is 2.81 bits per heavy atom. The molecule has 1 aromatic carbocycles. The molecule has 146 valence electrons. The van der Waals surface area contributed by atoms with Gasteiger partial charge in [-0.05, 0) is 31.0 Å². The lowest BCUT2D eigenvalue weighted by Crippen LogP contribution is -2.16. The number of nitrogens with zero attached hydrogens (tertiary/aromatic N) is 3. The third-order valence-electron chi connectivity index (χ3n) is 4.84. The number of amides is 1. The van der Waals surface area contributed by atoms with Crippen molar-refractivity contribution >= 4 is 50.9 Å². The van der Waals surface area contributed by atoms with Crippen LogP contribution in [0.1, 0.15) is 44.9 Å². The van der Waals surface area contributed by atoms with Gasteiger partial charge in [-0.1, -0.05) is 71.4 Å². The highest BCUT2D eigenvalue weighted by Gasteiger charge is 2.19. The van der Waals surface area contributed by atoms with Gasteiger partial charge in [-0.15, -0.1) is 10.2 Å². The fourth-order valence-corrected chi connectivity index (χ4v) is 4.99. The summed E-state index contributed by atoms with van der Waals surface area (Å²) >= 11 is 10.9. The van der Waals surface area contributed by atoms with E-state index in [1.165, 1.54) is 43.9 Å². The van der Waals surface area contributed by atoms with Gasteiger partial charge in [0.1, 0.15) is 5.82 Å². The van der Waals surface area contributed by atoms with Gasteiger partial charge in [0.2, 0.25) is 5.91 Å². The Labute approximate surface area is 177 Å². The molecule has 1 fully saturated rings. The van der Waals surface area contributed by atoms with Crippen LogP contribution in [-0.2, 0) is 17.8 Å². The zero-order valence-corrected chi connectivity index (χ0v) is 18.5. The number of anilines is 1. The van der Waals surface area contributed by atoms with Gasteiger partial charge in [0.25, 0.3) is 0 Å². The second-order valence-corrected chi connectivity index (χ2v) is 9.08. The summed E-state index contributed by atoms with van der Waals surface area (Å²) in [7, 11) is 0. The smallest absolute Gasteiger partial charge is 0.234 e. The van der Waals surface area contributed by atoms with Gasteiger partial charge in [0.05, 0.1) is 16.5 Å². The van der Waals surface area contributed by atoms with E-state index >= 15 is 0 Å². The van der Waals surface area contributed by atoms with Crippen molar-refractivity contribution in [3.05, 3.63) is 33.5 Å². The molecule has 1 saturated carbocycles. The van der Waals surface area contributed by atoms with Gasteiger partial charge in [-0.3, -0.25) is 4.79 Å². The van der Waals surface area contributed by atoms with Crippen LogP contribution >= 0.6 is 39.3 Å². The first-order valence-corrected chi connectivity index (χ1v) is 11.5. The maximum atomic E-state index is 12.3. The van der Waals surface area contributed by atoms with Gasteiger partial charge in [0.15, 0.2) is 5.16 Å². The average Bonchev–Trinajstić information content (AvgIpc) is 3.04. The number of hydrogen-bond donors (Lipinski definition) is 1. The molecule has 0 spiro atoms. The van der Waals surface area contributed by atoms with E-state index in [1.54, 1.807) is 12.1 Å². The number of halogens is 2. The van der Waals surface area contributed by atoms with Crippen LogP contribution in [0.25, 0.3) is 0 Å². The zero-order chi connectivity index (χ0) is 19.2. The topological polar surface area (TPSA) is 59.8 Å². The zero-order valence-electron chi connectivity index (χ0n) is 15.4. The van der Waals surface area contributed by atoms with Gasteiger partial charge < -0.3 is 9.88 Å². The van der Waals surface area contributed by atoms with Crippen molar-refractivity contribution in [2.24, 2.45) is 5.92 Å². The first kappa shape index (κ1) is 20.7. The molecule has 0 bridgehead atoms. The van der Waals surface area contributed by atoms with Crippen molar-refractivity contribution in [3.8, 4) is 0 Å². The number of carbonyl (C=O) groups excluding carboxylic acids is 1. The van der Waals surface area contributed by atoms with E-state index in [4.69, 9.17) is 11.6 Å². The fourth-order valence-electron chi connectivity index (χ4n) is 3.45. The van der Waals surface area contributed by atoms with Gasteiger partial charge in [0, 0.05) is 17.4 Å². The molecule has 0 atom stereocenters. The minimum atomic E-state index is -0.108. The second kappa shape index (κ2) is 9.94. The number of thioether (sulfide) groups is 1. The lowest BCUT2D eigenvalue weighted by atomic mass is 9.87. The van der Waals surface area contributed by atoms with Gasteiger partial charge in [-0.2, -0.15) is 0 Å². The molecule has 3 rings (SSSR count). The molecule has 2 aromatic rings. The van der Waals surface area contributed by atoms with Gasteiger partial charge >= 0.3 is 0 Å². The van der Waals surface area contributed by atoms with Crippen molar-refractivity contribution < 1.29 is 4.79 Å². The molecule has 27 heavy (non-hydrogen) atoms. The summed E-state index contributed by atoms with van der Waals surface area (Å²) in [4.78, 5) is 12.3. The van der Waals surface area contributed by atoms with E-state index in [9.17, 15) is 4.79 Å². The van der Waals surface area contributed by atoms with Crippen LogP contribution in [0, 0.1) is 5.92 Å². The Bertz CT molecular complexity index is 792. The van der Waals surface area contributed by atoms with Crippen molar-refractivity contribution in [1.82, 2.24) is 14.8 Å². The van der Waals surface area contributed by atoms with E-state index in [2.05, 4.69) is 42.9 Å². The maximum absolute atomic E-state index is 12.3. The number of nitrogens with one attached hydrogen (secondary N) is 1. The van der Waals surface area contributed by atoms with E-state index in [0.717, 1.165) is 28.4 Å². The summed E-state index contributed by atoms with van der Waals surface area (Å²) in [6, 6.07) is 5.39. The molecule has 1 N–H and O–H groups in total. The third kappa shape index (κ3) is 5.72. The highest BCUT2D eigenvalue weighted by Crippen LogP contribution is 2.28. The minimum absolute atomic E-state index is 0.108. The van der Waals surface area contributed by atoms with Gasteiger partial charge in [-0.25, -0.2) is 0 Å². The highest BCUT2D eigenvalue weighted by atomic mass is 79.9. The SMILES string of the molecule is CCn1c(CC2CCCCC2)nnc1SCC(=O)Nc1ccc(Br)cc1Cl. The Morgan fingerprint density at radius 1 is 1.33 bits per heavy atom. The summed E-state index contributed by atoms with van der Waals surface area (Å²) in [6.07, 6.45) is 7.57. The standard InChI is InChI=1S/C19H24BrClN4OS/c1-2-25-17(10-13-6-4-3-5-7-13)23-24-19(25)27-12-18(26)22-16-9-8-14(20)11-15(16)21/h8-9,11,13H,2-7,10,12H2,1H3,(H,22,26). The Hall–Kier alpha value is -1.05. The van der Waals surface area contributed by atoms with Crippen LogP contribution in [0.15, 0.2) is 27.8 Å². The molecule has 0 radical (unpaired) electrons. The quantitative estimate of drug-likeness (QED) is 0.536. The third-order valence-corrected chi connectivity index (χ3v) is 6.62. The number of aromatic nitrogens is 3. The fraction of sp³-hybridized carbons (Fsp3) is 0.526. The number of hydrogen-bond acceptors (Lipinski definition) is 4. The van der Waals surface area contributed by atoms with E-state index in [-0.39, 0.29) is 11.7 Å². The largest absolute Gasteiger partial charge is 0.324 e. The van der Waals surface area contributed by atoms with Crippen LogP contribution in [0.2, 0.25) is 5.02 Å². The first-order valence-electron chi connectivity index (χ1n) is 9.36. The van der Waals surface area contributed by atoms with E-state index < -0.39 is 0 Å². The summed E-state index contributed by atoms with van der Waals surface area (Å²) in [5, 5.41) is 12.9. The number of carbonyl (C=O) groups is 1. The molecule has 0 saturated heterocycles. The summed E-state index contributed by atoms with van der Waals surface area (Å²) < 4.78 is 3.01. The molecule has 1 aliphatic carbocycles. The van der Waals surface area contributed by atoms with Crippen LogP contribution in [0.5, 0.6) is 0 Å². The predicted octanol–water partition coefficient (Wildman–Crippen LogP) is 5.57. The molecule has 0 aliphatic heterocycles. The Kier molecular flexibility index (Phi) is 7.61. The molecular formula is C19H24BrClN4OS. The normalized spacial score (nSPS) is 15.1. The second-order valence-electron chi connectivity index (χ2n) is 6.81. The number of rotatable bonds is 7. The predicted molar refractivity (Wildman–Crippen MR) is 114 cm³/mol. The lowest BCUT2D eigenvalue weighted by Gasteiger charge is -2.21. The van der Waals surface area contributed by atoms with Crippen LogP contribution in [-0.4, -0.2) is 26.4 Å². The van der Waals surface area contributed by atoms with E-state index in [0.29, 0.717) is 16.6 Å². The molecule has 1 aromatic heterocycles. The molecule has 8 heteroatoms. The van der Waals surface area contributed by atoms with Crippen LogP contribution < -0.4 is 5.32 Å². The van der Waals surface area contributed by atoms with E-state index in [1.807, 2.05) is 6.07 Å². The van der Waals surface area contributed by atoms with Crippen LogP contribution in [0.4, 0.5) is 5.69 Å². The van der Waals surface area contributed by atoms with Crippen molar-refractivity contribution in [2.45, 2.75) is 57.1 Å².